The largest absolute Gasteiger partial charge is 0.550 e. The number of carbonyl (C=O) groups excluding carboxylic acids is 2. The van der Waals surface area contributed by atoms with Gasteiger partial charge in [0.15, 0.2) is 5.78 Å². The molecule has 4 heteroatoms. The summed E-state index contributed by atoms with van der Waals surface area (Å²) in [6.07, 6.45) is -0.573. The number of carboxylic acid groups (broad SMARTS) is 1. The lowest BCUT2D eigenvalue weighted by Crippen LogP contribution is -2.28. The van der Waals surface area contributed by atoms with E-state index >= 15 is 0 Å². The molecule has 0 atom stereocenters. The Hall–Kier alpha value is -0.900. The lowest BCUT2D eigenvalue weighted by molar-refractivity contribution is -0.304. The van der Waals surface area contributed by atoms with Crippen LogP contribution in [0.5, 0.6) is 0 Å². The van der Waals surface area contributed by atoms with Crippen molar-refractivity contribution in [2.75, 3.05) is 6.54 Å². The number of nitrogens with two attached hydrogens (primary N) is 1. The fourth-order valence-electron chi connectivity index (χ4n) is 0.233. The second kappa shape index (κ2) is 3.15. The second-order valence-corrected chi connectivity index (χ2v) is 1.29. The molecule has 0 saturated carbocycles. The molecule has 0 bridgehead atoms. The van der Waals surface area contributed by atoms with Crippen LogP contribution in [0.2, 0.25) is 0 Å². The minimum Gasteiger partial charge on any atom is -0.550 e. The number of ketones is 1. The van der Waals surface area contributed by atoms with Gasteiger partial charge in [-0.2, -0.15) is 0 Å². The molecule has 4 nitrogen and oxygen atoms in total. The highest BCUT2D eigenvalue weighted by molar-refractivity contribution is 5.94. The van der Waals surface area contributed by atoms with Crippen molar-refractivity contribution in [3.8, 4) is 0 Å². The monoisotopic (exact) mass is 116 g/mol. The van der Waals surface area contributed by atoms with Crippen LogP contribution in [-0.2, 0) is 9.59 Å². The average molecular weight is 116 g/mol. The summed E-state index contributed by atoms with van der Waals surface area (Å²) >= 11 is 0. The van der Waals surface area contributed by atoms with Crippen LogP contribution >= 0.6 is 0 Å². The van der Waals surface area contributed by atoms with Crippen LogP contribution in [0.3, 0.4) is 0 Å². The number of rotatable bonds is 3. The highest BCUT2D eigenvalue weighted by atomic mass is 16.4. The van der Waals surface area contributed by atoms with E-state index in [9.17, 15) is 14.7 Å². The molecule has 0 radical (unpaired) electrons. The first kappa shape index (κ1) is 7.10. The molecule has 0 rings (SSSR count). The van der Waals surface area contributed by atoms with Crippen molar-refractivity contribution in [2.24, 2.45) is 5.73 Å². The SMILES string of the molecule is NCC(=O)CC(=O)[O-]. The Morgan fingerprint density at radius 1 is 1.50 bits per heavy atom. The predicted molar refractivity (Wildman–Crippen MR) is 23.7 cm³/mol. The normalized spacial score (nSPS) is 8.62. The topological polar surface area (TPSA) is 83.2 Å². The molecule has 46 valence electrons. The summed E-state index contributed by atoms with van der Waals surface area (Å²) in [6, 6.07) is 0. The second-order valence-electron chi connectivity index (χ2n) is 1.29. The van der Waals surface area contributed by atoms with Gasteiger partial charge in [0, 0.05) is 12.4 Å². The van der Waals surface area contributed by atoms with Gasteiger partial charge < -0.3 is 15.6 Å². The number of carboxylic acids is 1. The van der Waals surface area contributed by atoms with E-state index in [0.717, 1.165) is 0 Å². The molecule has 0 aliphatic carbocycles. The van der Waals surface area contributed by atoms with Gasteiger partial charge in [-0.05, 0) is 0 Å². The summed E-state index contributed by atoms with van der Waals surface area (Å²) in [6.45, 7) is -0.228. The quantitative estimate of drug-likeness (QED) is 0.418. The first-order chi connectivity index (χ1) is 3.66. The number of Topliss-reactive ketones (excluding diaryl/α,β-unsaturated/α-hetero) is 1. The summed E-state index contributed by atoms with van der Waals surface area (Å²) in [4.78, 5) is 19.7. The van der Waals surface area contributed by atoms with Crippen LogP contribution in [0, 0.1) is 0 Å². The first-order valence-corrected chi connectivity index (χ1v) is 2.08. The van der Waals surface area contributed by atoms with E-state index in [1.165, 1.54) is 0 Å². The third-order valence-electron chi connectivity index (χ3n) is 0.569. The molecule has 8 heavy (non-hydrogen) atoms. The molecular weight excluding hydrogens is 110 g/mol. The van der Waals surface area contributed by atoms with Gasteiger partial charge in [-0.1, -0.05) is 0 Å². The maximum absolute atomic E-state index is 10.1. The van der Waals surface area contributed by atoms with Gasteiger partial charge in [-0.3, -0.25) is 4.79 Å². The fourth-order valence-corrected chi connectivity index (χ4v) is 0.233. The van der Waals surface area contributed by atoms with E-state index in [2.05, 4.69) is 0 Å². The Balaban J connectivity index is 3.40. The number of aliphatic carboxylic acids is 1. The molecule has 0 aliphatic heterocycles. The molecule has 0 spiro atoms. The first-order valence-electron chi connectivity index (χ1n) is 2.08. The zero-order chi connectivity index (χ0) is 6.57. The van der Waals surface area contributed by atoms with Gasteiger partial charge in [0.25, 0.3) is 0 Å². The van der Waals surface area contributed by atoms with E-state index in [4.69, 9.17) is 5.73 Å². The molecule has 0 heterocycles. The number of carbonyl (C=O) groups is 2. The lowest BCUT2D eigenvalue weighted by Gasteiger charge is -1.95. The summed E-state index contributed by atoms with van der Waals surface area (Å²) in [5.74, 6) is -1.88. The Bertz CT molecular complexity index is 110. The highest BCUT2D eigenvalue weighted by Gasteiger charge is 1.95. The van der Waals surface area contributed by atoms with E-state index in [0.29, 0.717) is 0 Å². The van der Waals surface area contributed by atoms with Gasteiger partial charge in [-0.25, -0.2) is 0 Å². The van der Waals surface area contributed by atoms with Gasteiger partial charge in [0.05, 0.1) is 6.54 Å². The molecule has 0 aromatic heterocycles. The molecule has 2 N–H and O–H groups in total. The third-order valence-corrected chi connectivity index (χ3v) is 0.569. The third kappa shape index (κ3) is 3.30. The van der Waals surface area contributed by atoms with Crippen molar-refractivity contribution in [1.29, 1.82) is 0 Å². The fraction of sp³-hybridized carbons (Fsp3) is 0.500. The molecule has 0 saturated heterocycles. The Kier molecular flexibility index (Phi) is 2.79. The molecule has 0 aliphatic rings. The molecule has 0 fully saturated rings. The van der Waals surface area contributed by atoms with Crippen molar-refractivity contribution >= 4 is 11.8 Å². The Labute approximate surface area is 46.3 Å². The molecule has 0 unspecified atom stereocenters. The van der Waals surface area contributed by atoms with Crippen LogP contribution < -0.4 is 10.8 Å². The summed E-state index contributed by atoms with van der Waals surface area (Å²) in [7, 11) is 0. The summed E-state index contributed by atoms with van der Waals surface area (Å²) in [5.41, 5.74) is 4.78. The van der Waals surface area contributed by atoms with Crippen LogP contribution in [0.15, 0.2) is 0 Å². The van der Waals surface area contributed by atoms with Gasteiger partial charge in [0.2, 0.25) is 0 Å². The number of hydrogen-bond acceptors (Lipinski definition) is 4. The minimum atomic E-state index is -1.37. The van der Waals surface area contributed by atoms with E-state index in [1.54, 1.807) is 0 Å². The van der Waals surface area contributed by atoms with Crippen molar-refractivity contribution in [3.63, 3.8) is 0 Å². The smallest absolute Gasteiger partial charge is 0.151 e. The predicted octanol–water partition coefficient (Wildman–Crippen LogP) is -2.35. The zero-order valence-electron chi connectivity index (χ0n) is 4.22. The maximum atomic E-state index is 10.1. The molecule has 0 aromatic carbocycles. The van der Waals surface area contributed by atoms with Crippen LogP contribution in [0.4, 0.5) is 0 Å². The Morgan fingerprint density at radius 3 is 2.12 bits per heavy atom. The van der Waals surface area contributed by atoms with Crippen molar-refractivity contribution in [1.82, 2.24) is 0 Å². The molecule has 0 amide bonds. The molecular formula is C4H6NO3-. The van der Waals surface area contributed by atoms with Crippen molar-refractivity contribution in [2.45, 2.75) is 6.42 Å². The van der Waals surface area contributed by atoms with Crippen LogP contribution in [0.1, 0.15) is 6.42 Å². The van der Waals surface area contributed by atoms with Crippen molar-refractivity contribution in [3.05, 3.63) is 0 Å². The van der Waals surface area contributed by atoms with Crippen LogP contribution in [-0.4, -0.2) is 18.3 Å². The van der Waals surface area contributed by atoms with Crippen LogP contribution in [0.25, 0.3) is 0 Å². The minimum absolute atomic E-state index is 0.228. The maximum Gasteiger partial charge on any atom is 0.151 e. The standard InChI is InChI=1S/C4H7NO3/c5-2-3(6)1-4(7)8/h1-2,5H2,(H,7,8)/p-1. The van der Waals surface area contributed by atoms with Crippen molar-refractivity contribution < 1.29 is 14.7 Å². The van der Waals surface area contributed by atoms with E-state index < -0.39 is 18.2 Å². The Morgan fingerprint density at radius 2 is 2.00 bits per heavy atom. The number of hydrogen-bond donors (Lipinski definition) is 1. The van der Waals surface area contributed by atoms with E-state index in [1.807, 2.05) is 0 Å². The summed E-state index contributed by atoms with van der Waals surface area (Å²) in [5, 5.41) is 9.58. The highest BCUT2D eigenvalue weighted by Crippen LogP contribution is 1.74. The van der Waals surface area contributed by atoms with Gasteiger partial charge in [0.1, 0.15) is 0 Å². The summed E-state index contributed by atoms with van der Waals surface area (Å²) < 4.78 is 0. The molecule has 0 aromatic rings. The van der Waals surface area contributed by atoms with Gasteiger partial charge in [-0.15, -0.1) is 0 Å². The average Bonchev–Trinajstić information content (AvgIpc) is 1.65. The zero-order valence-corrected chi connectivity index (χ0v) is 4.22. The van der Waals surface area contributed by atoms with E-state index in [-0.39, 0.29) is 6.54 Å². The lowest BCUT2D eigenvalue weighted by atomic mass is 10.3. The van der Waals surface area contributed by atoms with Gasteiger partial charge >= 0.3 is 0 Å².